The number of rotatable bonds is 6. The molecule has 0 unspecified atom stereocenters. The minimum Gasteiger partial charge on any atom is -0.507 e. The second-order valence-electron chi connectivity index (χ2n) is 5.36. The van der Waals surface area contributed by atoms with Gasteiger partial charge in [-0.1, -0.05) is 12.1 Å². The number of nitrogens with one attached hydrogen (secondary N) is 2. The van der Waals surface area contributed by atoms with E-state index in [0.29, 0.717) is 29.2 Å². The molecule has 0 aliphatic carbocycles. The molecular formula is C19H18N4O3. The van der Waals surface area contributed by atoms with E-state index in [0.717, 1.165) is 5.75 Å². The standard InChI is InChI=1S/C19H18N4O3/c1-2-26-15-9-7-14(8-10-15)22-19(25)16-12-21-23-18(16)20-11-13-5-3-4-6-17(13)24/h3-12,24H,2H2,1H3,(H,21,23)(H,22,25). The molecule has 3 N–H and O–H groups in total. The van der Waals surface area contributed by atoms with Crippen molar-refractivity contribution in [1.82, 2.24) is 10.2 Å². The lowest BCUT2D eigenvalue weighted by Gasteiger charge is -2.06. The summed E-state index contributed by atoms with van der Waals surface area (Å²) in [4.78, 5) is 16.7. The van der Waals surface area contributed by atoms with Crippen LogP contribution in [0.1, 0.15) is 22.8 Å². The SMILES string of the molecule is CCOc1ccc(NC(=O)c2cn[nH]c2N=Cc2ccccc2O)cc1. The van der Waals surface area contributed by atoms with Crippen molar-refractivity contribution in [2.75, 3.05) is 11.9 Å². The Labute approximate surface area is 150 Å². The summed E-state index contributed by atoms with van der Waals surface area (Å²) >= 11 is 0. The van der Waals surface area contributed by atoms with Gasteiger partial charge in [0.25, 0.3) is 5.91 Å². The van der Waals surface area contributed by atoms with Gasteiger partial charge in [0.15, 0.2) is 5.82 Å². The second kappa shape index (κ2) is 7.98. The monoisotopic (exact) mass is 350 g/mol. The highest BCUT2D eigenvalue weighted by atomic mass is 16.5. The Kier molecular flexibility index (Phi) is 5.28. The number of ether oxygens (including phenoxy) is 1. The van der Waals surface area contributed by atoms with E-state index in [9.17, 15) is 9.90 Å². The number of H-pyrrole nitrogens is 1. The van der Waals surface area contributed by atoms with E-state index in [-0.39, 0.29) is 11.7 Å². The Morgan fingerprint density at radius 1 is 1.27 bits per heavy atom. The highest BCUT2D eigenvalue weighted by Gasteiger charge is 2.13. The van der Waals surface area contributed by atoms with E-state index in [1.165, 1.54) is 12.4 Å². The van der Waals surface area contributed by atoms with Crippen LogP contribution in [0.15, 0.2) is 59.7 Å². The summed E-state index contributed by atoms with van der Waals surface area (Å²) in [6, 6.07) is 13.9. The van der Waals surface area contributed by atoms with Crippen molar-refractivity contribution in [3.05, 3.63) is 65.9 Å². The first kappa shape index (κ1) is 17.2. The quantitative estimate of drug-likeness (QED) is 0.592. The first-order valence-corrected chi connectivity index (χ1v) is 8.07. The fourth-order valence-corrected chi connectivity index (χ4v) is 2.27. The van der Waals surface area contributed by atoms with Gasteiger partial charge in [0.05, 0.1) is 12.8 Å². The van der Waals surface area contributed by atoms with Crippen molar-refractivity contribution < 1.29 is 14.6 Å². The Hall–Kier alpha value is -3.61. The first-order chi connectivity index (χ1) is 12.7. The number of aromatic amines is 1. The average molecular weight is 350 g/mol. The number of carbonyl (C=O) groups excluding carboxylic acids is 1. The summed E-state index contributed by atoms with van der Waals surface area (Å²) < 4.78 is 5.37. The molecular weight excluding hydrogens is 332 g/mol. The number of aromatic nitrogens is 2. The maximum atomic E-state index is 12.5. The fourth-order valence-electron chi connectivity index (χ4n) is 2.27. The van der Waals surface area contributed by atoms with Crippen molar-refractivity contribution in [3.63, 3.8) is 0 Å². The van der Waals surface area contributed by atoms with E-state index in [1.807, 2.05) is 6.92 Å². The molecule has 132 valence electrons. The molecule has 0 saturated heterocycles. The van der Waals surface area contributed by atoms with E-state index in [1.54, 1.807) is 48.5 Å². The molecule has 2 aromatic carbocycles. The van der Waals surface area contributed by atoms with Gasteiger partial charge in [-0.25, -0.2) is 4.99 Å². The maximum absolute atomic E-state index is 12.5. The predicted octanol–water partition coefficient (Wildman–Crippen LogP) is 3.52. The zero-order valence-electron chi connectivity index (χ0n) is 14.1. The molecule has 0 saturated carbocycles. The smallest absolute Gasteiger partial charge is 0.261 e. The minimum atomic E-state index is -0.340. The molecule has 3 rings (SSSR count). The molecule has 7 heteroatoms. The summed E-state index contributed by atoms with van der Waals surface area (Å²) in [6.07, 6.45) is 2.87. The Morgan fingerprint density at radius 3 is 2.77 bits per heavy atom. The van der Waals surface area contributed by atoms with Crippen molar-refractivity contribution >= 4 is 23.6 Å². The molecule has 0 atom stereocenters. The van der Waals surface area contributed by atoms with Crippen molar-refractivity contribution in [3.8, 4) is 11.5 Å². The minimum absolute atomic E-state index is 0.108. The summed E-state index contributed by atoms with van der Waals surface area (Å²) in [5.41, 5.74) is 1.47. The lowest BCUT2D eigenvalue weighted by Crippen LogP contribution is -2.11. The maximum Gasteiger partial charge on any atom is 0.261 e. The largest absolute Gasteiger partial charge is 0.507 e. The number of phenolic OH excluding ortho intramolecular Hbond substituents is 1. The van der Waals surface area contributed by atoms with Gasteiger partial charge in [0, 0.05) is 17.5 Å². The van der Waals surface area contributed by atoms with Crippen LogP contribution in [0.25, 0.3) is 0 Å². The summed E-state index contributed by atoms with van der Waals surface area (Å²) in [5.74, 6) is 0.807. The van der Waals surface area contributed by atoms with Crippen molar-refractivity contribution in [2.45, 2.75) is 6.92 Å². The van der Waals surface area contributed by atoms with Gasteiger partial charge in [0.2, 0.25) is 0 Å². The van der Waals surface area contributed by atoms with Gasteiger partial charge >= 0.3 is 0 Å². The van der Waals surface area contributed by atoms with Crippen LogP contribution < -0.4 is 10.1 Å². The number of para-hydroxylation sites is 1. The lowest BCUT2D eigenvalue weighted by molar-refractivity contribution is 0.102. The van der Waals surface area contributed by atoms with Crippen molar-refractivity contribution in [2.24, 2.45) is 4.99 Å². The molecule has 1 heterocycles. The number of phenols is 1. The topological polar surface area (TPSA) is 99.6 Å². The van der Waals surface area contributed by atoms with Gasteiger partial charge in [-0.05, 0) is 43.3 Å². The molecule has 0 spiro atoms. The molecule has 0 fully saturated rings. The van der Waals surface area contributed by atoms with Crippen LogP contribution >= 0.6 is 0 Å². The number of nitrogens with zero attached hydrogens (tertiary/aromatic N) is 2. The number of aromatic hydroxyl groups is 1. The molecule has 26 heavy (non-hydrogen) atoms. The highest BCUT2D eigenvalue weighted by molar-refractivity contribution is 6.07. The average Bonchev–Trinajstić information content (AvgIpc) is 3.12. The number of carbonyl (C=O) groups is 1. The van der Waals surface area contributed by atoms with E-state index >= 15 is 0 Å². The Bertz CT molecular complexity index is 917. The Morgan fingerprint density at radius 2 is 2.04 bits per heavy atom. The third-order valence-electron chi connectivity index (χ3n) is 3.56. The van der Waals surface area contributed by atoms with Crippen LogP contribution in [0, 0.1) is 0 Å². The molecule has 0 bridgehead atoms. The van der Waals surface area contributed by atoms with Crippen LogP contribution in [-0.4, -0.2) is 34.0 Å². The number of hydrogen-bond donors (Lipinski definition) is 3. The number of aliphatic imine (C=N–C) groups is 1. The van der Waals surface area contributed by atoms with E-state index in [2.05, 4.69) is 20.5 Å². The predicted molar refractivity (Wildman–Crippen MR) is 99.5 cm³/mol. The third-order valence-corrected chi connectivity index (χ3v) is 3.56. The van der Waals surface area contributed by atoms with Crippen LogP contribution in [-0.2, 0) is 0 Å². The molecule has 3 aromatic rings. The molecule has 7 nitrogen and oxygen atoms in total. The second-order valence-corrected chi connectivity index (χ2v) is 5.36. The van der Waals surface area contributed by atoms with E-state index in [4.69, 9.17) is 4.74 Å². The van der Waals surface area contributed by atoms with Gasteiger partial charge in [0.1, 0.15) is 17.1 Å². The Balaban J connectivity index is 1.73. The zero-order valence-corrected chi connectivity index (χ0v) is 14.1. The fraction of sp³-hybridized carbons (Fsp3) is 0.105. The molecule has 0 aliphatic rings. The summed E-state index contributed by atoms with van der Waals surface area (Å²) in [7, 11) is 0. The van der Waals surface area contributed by atoms with Gasteiger partial charge in [-0.15, -0.1) is 0 Å². The van der Waals surface area contributed by atoms with Gasteiger partial charge in [-0.3, -0.25) is 9.89 Å². The number of anilines is 1. The van der Waals surface area contributed by atoms with Crippen LogP contribution in [0.2, 0.25) is 0 Å². The van der Waals surface area contributed by atoms with Crippen LogP contribution in [0.3, 0.4) is 0 Å². The summed E-state index contributed by atoms with van der Waals surface area (Å²) in [6.45, 7) is 2.49. The normalized spacial score (nSPS) is 10.8. The third kappa shape index (κ3) is 4.07. The first-order valence-electron chi connectivity index (χ1n) is 8.07. The number of benzene rings is 2. The molecule has 0 aliphatic heterocycles. The number of hydrogen-bond acceptors (Lipinski definition) is 5. The molecule has 0 radical (unpaired) electrons. The van der Waals surface area contributed by atoms with Crippen LogP contribution in [0.4, 0.5) is 11.5 Å². The highest BCUT2D eigenvalue weighted by Crippen LogP contribution is 2.20. The van der Waals surface area contributed by atoms with Gasteiger partial charge in [-0.2, -0.15) is 5.10 Å². The van der Waals surface area contributed by atoms with Gasteiger partial charge < -0.3 is 15.2 Å². The summed E-state index contributed by atoms with van der Waals surface area (Å²) in [5, 5.41) is 19.1. The van der Waals surface area contributed by atoms with E-state index < -0.39 is 0 Å². The number of amides is 1. The molecule has 1 amide bonds. The lowest BCUT2D eigenvalue weighted by atomic mass is 10.2. The van der Waals surface area contributed by atoms with Crippen LogP contribution in [0.5, 0.6) is 11.5 Å². The zero-order chi connectivity index (χ0) is 18.4. The molecule has 1 aromatic heterocycles. The van der Waals surface area contributed by atoms with Crippen molar-refractivity contribution in [1.29, 1.82) is 0 Å².